The SMILES string of the molecule is CCOC(=O)c1ccnc(Nc2ncc(-c3ccccc3)cc2C#N)c1. The number of pyridine rings is 2. The fourth-order valence-electron chi connectivity index (χ4n) is 2.40. The number of hydrogen-bond acceptors (Lipinski definition) is 6. The Kier molecular flexibility index (Phi) is 5.20. The summed E-state index contributed by atoms with van der Waals surface area (Å²) in [5.41, 5.74) is 2.59. The molecule has 0 bridgehead atoms. The van der Waals surface area contributed by atoms with Crippen LogP contribution in [0.25, 0.3) is 11.1 Å². The zero-order valence-electron chi connectivity index (χ0n) is 14.1. The van der Waals surface area contributed by atoms with Gasteiger partial charge in [0.25, 0.3) is 0 Å². The highest BCUT2D eigenvalue weighted by atomic mass is 16.5. The monoisotopic (exact) mass is 344 g/mol. The third-order valence-electron chi connectivity index (χ3n) is 3.63. The minimum atomic E-state index is -0.425. The molecule has 0 aliphatic carbocycles. The van der Waals surface area contributed by atoms with Gasteiger partial charge in [-0.15, -0.1) is 0 Å². The molecule has 26 heavy (non-hydrogen) atoms. The smallest absolute Gasteiger partial charge is 0.338 e. The number of carbonyl (C=O) groups excluding carboxylic acids is 1. The number of nitrogens with zero attached hydrogens (tertiary/aromatic N) is 3. The lowest BCUT2D eigenvalue weighted by Gasteiger charge is -2.09. The van der Waals surface area contributed by atoms with Gasteiger partial charge in [-0.25, -0.2) is 14.8 Å². The summed E-state index contributed by atoms with van der Waals surface area (Å²) < 4.78 is 4.98. The second-order valence-corrected chi connectivity index (χ2v) is 5.37. The second-order valence-electron chi connectivity index (χ2n) is 5.37. The van der Waals surface area contributed by atoms with Crippen LogP contribution in [-0.4, -0.2) is 22.5 Å². The molecule has 0 saturated carbocycles. The van der Waals surface area contributed by atoms with Crippen LogP contribution in [0.3, 0.4) is 0 Å². The van der Waals surface area contributed by atoms with E-state index in [2.05, 4.69) is 21.4 Å². The quantitative estimate of drug-likeness (QED) is 0.705. The Labute approximate surface area is 151 Å². The van der Waals surface area contributed by atoms with Crippen LogP contribution in [0.2, 0.25) is 0 Å². The normalized spacial score (nSPS) is 10.0. The van der Waals surface area contributed by atoms with E-state index in [0.29, 0.717) is 29.4 Å². The van der Waals surface area contributed by atoms with Crippen molar-refractivity contribution in [2.75, 3.05) is 11.9 Å². The van der Waals surface area contributed by atoms with Gasteiger partial charge in [0.1, 0.15) is 17.7 Å². The number of carbonyl (C=O) groups is 1. The largest absolute Gasteiger partial charge is 0.462 e. The van der Waals surface area contributed by atoms with Crippen LogP contribution in [0.5, 0.6) is 0 Å². The summed E-state index contributed by atoms with van der Waals surface area (Å²) in [6, 6.07) is 16.7. The van der Waals surface area contributed by atoms with E-state index in [0.717, 1.165) is 11.1 Å². The molecule has 1 aromatic carbocycles. The number of hydrogen-bond donors (Lipinski definition) is 1. The van der Waals surface area contributed by atoms with Crippen molar-refractivity contribution in [1.29, 1.82) is 5.26 Å². The van der Waals surface area contributed by atoms with E-state index in [1.54, 1.807) is 31.3 Å². The predicted octanol–water partition coefficient (Wildman–Crippen LogP) is 3.94. The van der Waals surface area contributed by atoms with Crippen LogP contribution in [0.15, 0.2) is 60.9 Å². The maximum absolute atomic E-state index is 11.8. The number of ether oxygens (including phenoxy) is 1. The van der Waals surface area contributed by atoms with Crippen molar-refractivity contribution >= 4 is 17.6 Å². The van der Waals surface area contributed by atoms with E-state index < -0.39 is 5.97 Å². The van der Waals surface area contributed by atoms with Gasteiger partial charge in [0.15, 0.2) is 0 Å². The van der Waals surface area contributed by atoms with Gasteiger partial charge in [-0.2, -0.15) is 5.26 Å². The zero-order valence-corrected chi connectivity index (χ0v) is 14.1. The molecule has 0 fully saturated rings. The lowest BCUT2D eigenvalue weighted by molar-refractivity contribution is 0.0526. The maximum Gasteiger partial charge on any atom is 0.338 e. The van der Waals surface area contributed by atoms with E-state index in [9.17, 15) is 10.1 Å². The molecular weight excluding hydrogens is 328 g/mol. The molecule has 1 N–H and O–H groups in total. The van der Waals surface area contributed by atoms with Crippen LogP contribution >= 0.6 is 0 Å². The molecule has 0 spiro atoms. The molecule has 0 aliphatic heterocycles. The summed E-state index contributed by atoms with van der Waals surface area (Å²) in [5.74, 6) is 0.360. The average molecular weight is 344 g/mol. The summed E-state index contributed by atoms with van der Waals surface area (Å²) in [7, 11) is 0. The predicted molar refractivity (Wildman–Crippen MR) is 97.9 cm³/mol. The molecule has 0 unspecified atom stereocenters. The first-order valence-corrected chi connectivity index (χ1v) is 8.07. The highest BCUT2D eigenvalue weighted by Crippen LogP contribution is 2.24. The molecule has 3 aromatic rings. The molecule has 0 radical (unpaired) electrons. The van der Waals surface area contributed by atoms with Gasteiger partial charge in [-0.05, 0) is 30.7 Å². The van der Waals surface area contributed by atoms with Crippen molar-refractivity contribution in [3.05, 3.63) is 72.1 Å². The lowest BCUT2D eigenvalue weighted by atomic mass is 10.1. The Bertz CT molecular complexity index is 965. The van der Waals surface area contributed by atoms with Gasteiger partial charge >= 0.3 is 5.97 Å². The van der Waals surface area contributed by atoms with Crippen molar-refractivity contribution in [2.45, 2.75) is 6.92 Å². The number of aromatic nitrogens is 2. The maximum atomic E-state index is 11.8. The fraction of sp³-hybridized carbons (Fsp3) is 0.100. The van der Waals surface area contributed by atoms with Crippen molar-refractivity contribution in [1.82, 2.24) is 9.97 Å². The lowest BCUT2D eigenvalue weighted by Crippen LogP contribution is -2.06. The Balaban J connectivity index is 1.88. The highest BCUT2D eigenvalue weighted by Gasteiger charge is 2.11. The van der Waals surface area contributed by atoms with Gasteiger partial charge < -0.3 is 10.1 Å². The molecule has 6 heteroatoms. The summed E-state index contributed by atoms with van der Waals surface area (Å²) in [6.45, 7) is 2.04. The summed E-state index contributed by atoms with van der Waals surface area (Å²) in [5, 5.41) is 12.4. The van der Waals surface area contributed by atoms with E-state index in [1.165, 1.54) is 6.20 Å². The average Bonchev–Trinajstić information content (AvgIpc) is 2.69. The topological polar surface area (TPSA) is 87.9 Å². The van der Waals surface area contributed by atoms with E-state index in [-0.39, 0.29) is 0 Å². The van der Waals surface area contributed by atoms with E-state index in [1.807, 2.05) is 30.3 Å². The Morgan fingerprint density at radius 1 is 1.15 bits per heavy atom. The van der Waals surface area contributed by atoms with Crippen molar-refractivity contribution in [3.63, 3.8) is 0 Å². The van der Waals surface area contributed by atoms with Crippen molar-refractivity contribution < 1.29 is 9.53 Å². The number of benzene rings is 1. The van der Waals surface area contributed by atoms with Crippen LogP contribution < -0.4 is 5.32 Å². The molecule has 0 atom stereocenters. The second kappa shape index (κ2) is 7.90. The van der Waals surface area contributed by atoms with Crippen LogP contribution in [-0.2, 0) is 4.74 Å². The standard InChI is InChI=1S/C20H16N4O2/c1-2-26-20(25)15-8-9-22-18(11-15)24-19-16(12-21)10-17(13-23-19)14-6-4-3-5-7-14/h3-11,13H,2H2,1H3,(H,22,23,24). The fourth-order valence-corrected chi connectivity index (χ4v) is 2.40. The molecule has 2 heterocycles. The van der Waals surface area contributed by atoms with Crippen LogP contribution in [0.4, 0.5) is 11.6 Å². The van der Waals surface area contributed by atoms with Gasteiger partial charge in [-0.3, -0.25) is 0 Å². The minimum Gasteiger partial charge on any atom is -0.462 e. The first kappa shape index (κ1) is 17.1. The molecule has 6 nitrogen and oxygen atoms in total. The summed E-state index contributed by atoms with van der Waals surface area (Å²) in [6.07, 6.45) is 3.19. The van der Waals surface area contributed by atoms with E-state index >= 15 is 0 Å². The Morgan fingerprint density at radius 3 is 2.69 bits per heavy atom. The highest BCUT2D eigenvalue weighted by molar-refractivity contribution is 5.90. The molecule has 3 rings (SSSR count). The number of anilines is 2. The Hall–Kier alpha value is -3.72. The summed E-state index contributed by atoms with van der Waals surface area (Å²) >= 11 is 0. The number of nitriles is 1. The van der Waals surface area contributed by atoms with Gasteiger partial charge in [-0.1, -0.05) is 30.3 Å². The third kappa shape index (κ3) is 3.84. The van der Waals surface area contributed by atoms with Gasteiger partial charge in [0, 0.05) is 18.0 Å². The van der Waals surface area contributed by atoms with Crippen molar-refractivity contribution in [2.24, 2.45) is 0 Å². The van der Waals surface area contributed by atoms with Crippen LogP contribution in [0.1, 0.15) is 22.8 Å². The first-order valence-electron chi connectivity index (χ1n) is 8.07. The molecule has 128 valence electrons. The van der Waals surface area contributed by atoms with Gasteiger partial charge in [0.05, 0.1) is 17.7 Å². The molecular formula is C20H16N4O2. The van der Waals surface area contributed by atoms with Crippen molar-refractivity contribution in [3.8, 4) is 17.2 Å². The van der Waals surface area contributed by atoms with Crippen LogP contribution in [0, 0.1) is 11.3 Å². The number of rotatable bonds is 5. The molecule has 2 aromatic heterocycles. The number of esters is 1. The molecule has 0 saturated heterocycles. The number of nitrogens with one attached hydrogen (secondary N) is 1. The molecule has 0 amide bonds. The zero-order chi connectivity index (χ0) is 18.4. The Morgan fingerprint density at radius 2 is 1.96 bits per heavy atom. The van der Waals surface area contributed by atoms with E-state index in [4.69, 9.17) is 4.74 Å². The van der Waals surface area contributed by atoms with Gasteiger partial charge in [0.2, 0.25) is 0 Å². The third-order valence-corrected chi connectivity index (χ3v) is 3.63. The molecule has 0 aliphatic rings. The summed E-state index contributed by atoms with van der Waals surface area (Å²) in [4.78, 5) is 20.3. The first-order chi connectivity index (χ1) is 12.7. The minimum absolute atomic E-state index is 0.297.